The summed E-state index contributed by atoms with van der Waals surface area (Å²) in [5, 5.41) is 12.5. The van der Waals surface area contributed by atoms with Crippen molar-refractivity contribution in [3.8, 4) is 0 Å². The van der Waals surface area contributed by atoms with Gasteiger partial charge in [-0.1, -0.05) is 34.1 Å². The summed E-state index contributed by atoms with van der Waals surface area (Å²) >= 11 is 0. The van der Waals surface area contributed by atoms with E-state index in [1.807, 2.05) is 6.92 Å². The Balaban J connectivity index is 2.59. The van der Waals surface area contributed by atoms with E-state index >= 15 is 0 Å². The number of carbonyl (C=O) groups excluding carboxylic acids is 1. The molecular weight excluding hydrogens is 268 g/mol. The van der Waals surface area contributed by atoms with Crippen molar-refractivity contribution >= 4 is 12.0 Å². The number of nitrogens with zero attached hydrogens (tertiary/aromatic N) is 1. The SMILES string of the molecule is CCCC1(C(=O)O)CCN(C(=O)NC(CC)C(C)C)CC1. The van der Waals surface area contributed by atoms with Gasteiger partial charge < -0.3 is 15.3 Å². The lowest BCUT2D eigenvalue weighted by atomic mass is 9.75. The number of carboxylic acids is 1. The monoisotopic (exact) mass is 298 g/mol. The number of carboxylic acid groups (broad SMARTS) is 1. The van der Waals surface area contributed by atoms with Crippen molar-refractivity contribution in [3.05, 3.63) is 0 Å². The standard InChI is InChI=1S/C16H30N2O3/c1-5-7-16(14(19)20)8-10-18(11-9-16)15(21)17-13(6-2)12(3)4/h12-13H,5-11H2,1-4H3,(H,17,21)(H,19,20). The number of nitrogens with one attached hydrogen (secondary N) is 1. The van der Waals surface area contributed by atoms with Gasteiger partial charge in [0, 0.05) is 19.1 Å². The minimum atomic E-state index is -0.710. The molecule has 21 heavy (non-hydrogen) atoms. The summed E-state index contributed by atoms with van der Waals surface area (Å²) in [7, 11) is 0. The van der Waals surface area contributed by atoms with Crippen LogP contribution in [0.3, 0.4) is 0 Å². The van der Waals surface area contributed by atoms with Crippen LogP contribution >= 0.6 is 0 Å². The second kappa shape index (κ2) is 7.66. The van der Waals surface area contributed by atoms with Crippen LogP contribution in [0.2, 0.25) is 0 Å². The minimum Gasteiger partial charge on any atom is -0.481 e. The number of piperidine rings is 1. The Morgan fingerprint density at radius 1 is 1.24 bits per heavy atom. The summed E-state index contributed by atoms with van der Waals surface area (Å²) in [5.74, 6) is -0.306. The number of likely N-dealkylation sites (tertiary alicyclic amines) is 1. The molecule has 1 rings (SSSR count). The van der Waals surface area contributed by atoms with Gasteiger partial charge in [-0.3, -0.25) is 4.79 Å². The molecule has 1 saturated heterocycles. The van der Waals surface area contributed by atoms with E-state index in [4.69, 9.17) is 0 Å². The molecule has 5 heteroatoms. The van der Waals surface area contributed by atoms with E-state index in [2.05, 4.69) is 26.1 Å². The Morgan fingerprint density at radius 3 is 2.19 bits per heavy atom. The Hall–Kier alpha value is -1.26. The maximum atomic E-state index is 12.3. The molecule has 1 fully saturated rings. The molecule has 1 aliphatic rings. The van der Waals surface area contributed by atoms with Crippen LogP contribution in [-0.4, -0.2) is 41.1 Å². The maximum Gasteiger partial charge on any atom is 0.317 e. The highest BCUT2D eigenvalue weighted by Gasteiger charge is 2.41. The van der Waals surface area contributed by atoms with Crippen LogP contribution in [0, 0.1) is 11.3 Å². The third-order valence-corrected chi connectivity index (χ3v) is 4.74. The highest BCUT2D eigenvalue weighted by atomic mass is 16.4. The molecule has 1 aliphatic heterocycles. The molecule has 0 aromatic rings. The summed E-state index contributed by atoms with van der Waals surface area (Å²) in [4.78, 5) is 25.6. The Kier molecular flexibility index (Phi) is 6.49. The third kappa shape index (κ3) is 4.35. The fraction of sp³-hybridized carbons (Fsp3) is 0.875. The number of hydrogen-bond acceptors (Lipinski definition) is 2. The van der Waals surface area contributed by atoms with Gasteiger partial charge in [0.1, 0.15) is 0 Å². The summed E-state index contributed by atoms with van der Waals surface area (Å²) in [6.45, 7) is 9.35. The van der Waals surface area contributed by atoms with Crippen LogP contribution < -0.4 is 5.32 Å². The van der Waals surface area contributed by atoms with E-state index in [-0.39, 0.29) is 12.1 Å². The highest BCUT2D eigenvalue weighted by molar-refractivity contribution is 5.77. The van der Waals surface area contributed by atoms with Gasteiger partial charge in [-0.25, -0.2) is 4.79 Å². The van der Waals surface area contributed by atoms with E-state index in [9.17, 15) is 14.7 Å². The first kappa shape index (κ1) is 17.8. The fourth-order valence-electron chi connectivity index (χ4n) is 3.18. The van der Waals surface area contributed by atoms with Crippen molar-refractivity contribution < 1.29 is 14.7 Å². The Morgan fingerprint density at radius 2 is 1.81 bits per heavy atom. The molecule has 0 radical (unpaired) electrons. The van der Waals surface area contributed by atoms with Crippen molar-refractivity contribution in [2.75, 3.05) is 13.1 Å². The molecule has 0 aromatic carbocycles. The summed E-state index contributed by atoms with van der Waals surface area (Å²) in [6, 6.07) is 0.130. The van der Waals surface area contributed by atoms with E-state index in [1.165, 1.54) is 0 Å². The van der Waals surface area contributed by atoms with Crippen molar-refractivity contribution in [1.29, 1.82) is 0 Å². The van der Waals surface area contributed by atoms with Gasteiger partial charge >= 0.3 is 12.0 Å². The molecule has 0 aliphatic carbocycles. The smallest absolute Gasteiger partial charge is 0.317 e. The van der Waals surface area contributed by atoms with Crippen molar-refractivity contribution in [1.82, 2.24) is 10.2 Å². The molecule has 1 unspecified atom stereocenters. The molecule has 2 amide bonds. The Bertz CT molecular complexity index is 361. The third-order valence-electron chi connectivity index (χ3n) is 4.74. The maximum absolute atomic E-state index is 12.3. The molecule has 2 N–H and O–H groups in total. The molecule has 0 aromatic heterocycles. The lowest BCUT2D eigenvalue weighted by Gasteiger charge is -2.39. The first-order valence-electron chi connectivity index (χ1n) is 8.15. The van der Waals surface area contributed by atoms with Gasteiger partial charge in [0.2, 0.25) is 0 Å². The van der Waals surface area contributed by atoms with Crippen LogP contribution in [0.5, 0.6) is 0 Å². The molecule has 1 heterocycles. The van der Waals surface area contributed by atoms with Crippen LogP contribution in [0.4, 0.5) is 4.79 Å². The van der Waals surface area contributed by atoms with Gasteiger partial charge in [-0.2, -0.15) is 0 Å². The van der Waals surface area contributed by atoms with Gasteiger partial charge in [0.25, 0.3) is 0 Å². The number of aliphatic carboxylic acids is 1. The predicted octanol–water partition coefficient (Wildman–Crippen LogP) is 3.10. The second-order valence-corrected chi connectivity index (χ2v) is 6.53. The highest BCUT2D eigenvalue weighted by Crippen LogP contribution is 2.36. The topological polar surface area (TPSA) is 69.6 Å². The Labute approximate surface area is 128 Å². The van der Waals surface area contributed by atoms with E-state index < -0.39 is 11.4 Å². The van der Waals surface area contributed by atoms with Gasteiger partial charge in [0.15, 0.2) is 0 Å². The van der Waals surface area contributed by atoms with Gasteiger partial charge in [-0.05, 0) is 31.6 Å². The second-order valence-electron chi connectivity index (χ2n) is 6.53. The van der Waals surface area contributed by atoms with E-state index in [1.54, 1.807) is 4.90 Å². The van der Waals surface area contributed by atoms with E-state index in [0.29, 0.717) is 38.3 Å². The summed E-state index contributed by atoms with van der Waals surface area (Å²) < 4.78 is 0. The van der Waals surface area contributed by atoms with Crippen LogP contribution in [-0.2, 0) is 4.79 Å². The van der Waals surface area contributed by atoms with Gasteiger partial charge in [-0.15, -0.1) is 0 Å². The van der Waals surface area contributed by atoms with Crippen LogP contribution in [0.25, 0.3) is 0 Å². The molecule has 5 nitrogen and oxygen atoms in total. The number of hydrogen-bond donors (Lipinski definition) is 2. The first-order chi connectivity index (χ1) is 9.86. The fourth-order valence-corrected chi connectivity index (χ4v) is 3.18. The van der Waals surface area contributed by atoms with Gasteiger partial charge in [0.05, 0.1) is 5.41 Å². The summed E-state index contributed by atoms with van der Waals surface area (Å²) in [5.41, 5.74) is -0.631. The molecule has 0 spiro atoms. The average molecular weight is 298 g/mol. The molecule has 0 bridgehead atoms. The quantitative estimate of drug-likeness (QED) is 0.791. The van der Waals surface area contributed by atoms with Crippen LogP contribution in [0.1, 0.15) is 59.8 Å². The molecule has 0 saturated carbocycles. The lowest BCUT2D eigenvalue weighted by molar-refractivity contribution is -0.152. The molecular formula is C16H30N2O3. The predicted molar refractivity (Wildman–Crippen MR) is 83.2 cm³/mol. The summed E-state index contributed by atoms with van der Waals surface area (Å²) in [6.07, 6.45) is 3.58. The average Bonchev–Trinajstić information content (AvgIpc) is 2.45. The zero-order valence-electron chi connectivity index (χ0n) is 13.8. The normalized spacial score (nSPS) is 19.4. The van der Waals surface area contributed by atoms with E-state index in [0.717, 1.165) is 12.8 Å². The largest absolute Gasteiger partial charge is 0.481 e. The molecule has 122 valence electrons. The number of rotatable bonds is 6. The first-order valence-corrected chi connectivity index (χ1v) is 8.15. The molecule has 1 atom stereocenters. The zero-order chi connectivity index (χ0) is 16.0. The minimum absolute atomic E-state index is 0.0500. The van der Waals surface area contributed by atoms with Crippen molar-refractivity contribution in [2.24, 2.45) is 11.3 Å². The van der Waals surface area contributed by atoms with Crippen molar-refractivity contribution in [2.45, 2.75) is 65.8 Å². The number of amides is 2. The lowest BCUT2D eigenvalue weighted by Crippen LogP contribution is -2.52. The number of carbonyl (C=O) groups is 2. The number of urea groups is 1. The van der Waals surface area contributed by atoms with Crippen molar-refractivity contribution in [3.63, 3.8) is 0 Å². The van der Waals surface area contributed by atoms with Crippen LogP contribution in [0.15, 0.2) is 0 Å². The zero-order valence-corrected chi connectivity index (χ0v) is 13.8.